The molecule has 1 aromatic carbocycles. The summed E-state index contributed by atoms with van der Waals surface area (Å²) in [6, 6.07) is 7.10. The van der Waals surface area contributed by atoms with Crippen LogP contribution in [0.1, 0.15) is 45.7 Å². The average molecular weight is 316 g/mol. The number of nitrogens with one attached hydrogen (secondary N) is 1. The molecule has 1 nitrogen and oxygen atoms in total. The maximum absolute atomic E-state index is 3.68. The number of halogens is 1. The van der Waals surface area contributed by atoms with Crippen LogP contribution in [-0.4, -0.2) is 11.8 Å². The van der Waals surface area contributed by atoms with Crippen LogP contribution in [0.3, 0.4) is 0 Å². The summed E-state index contributed by atoms with van der Waals surface area (Å²) in [4.78, 5) is 1.34. The summed E-state index contributed by atoms with van der Waals surface area (Å²) in [7, 11) is 0. The fourth-order valence-corrected chi connectivity index (χ4v) is 3.20. The van der Waals surface area contributed by atoms with E-state index in [9.17, 15) is 0 Å². The van der Waals surface area contributed by atoms with Gasteiger partial charge in [0, 0.05) is 20.7 Å². The van der Waals surface area contributed by atoms with Crippen molar-refractivity contribution in [1.29, 1.82) is 0 Å². The number of benzene rings is 1. The van der Waals surface area contributed by atoms with E-state index in [1.165, 1.54) is 21.4 Å². The van der Waals surface area contributed by atoms with Crippen LogP contribution in [0.15, 0.2) is 27.6 Å². The largest absolute Gasteiger partial charge is 0.310 e. The van der Waals surface area contributed by atoms with Crippen LogP contribution >= 0.6 is 27.7 Å². The molecule has 1 aromatic rings. The van der Waals surface area contributed by atoms with E-state index >= 15 is 0 Å². The van der Waals surface area contributed by atoms with Crippen LogP contribution in [0, 0.1) is 0 Å². The molecule has 0 bridgehead atoms. The van der Waals surface area contributed by atoms with Gasteiger partial charge in [0.15, 0.2) is 0 Å². The SMILES string of the molecule is CCNC(C)c1ccc(SC(C)CC)c(Br)c1. The standard InChI is InChI=1S/C14H22BrNS/c1-5-10(3)17-14-8-7-12(9-13(14)15)11(4)16-6-2/h7-11,16H,5-6H2,1-4H3. The Morgan fingerprint density at radius 1 is 1.29 bits per heavy atom. The first-order valence-electron chi connectivity index (χ1n) is 6.27. The second kappa shape index (κ2) is 7.45. The van der Waals surface area contributed by atoms with Gasteiger partial charge in [0.1, 0.15) is 0 Å². The zero-order chi connectivity index (χ0) is 12.8. The van der Waals surface area contributed by atoms with E-state index in [-0.39, 0.29) is 0 Å². The summed E-state index contributed by atoms with van der Waals surface area (Å²) in [5.41, 5.74) is 1.34. The predicted molar refractivity (Wildman–Crippen MR) is 81.8 cm³/mol. The molecule has 1 N–H and O–H groups in total. The van der Waals surface area contributed by atoms with Gasteiger partial charge in [0.25, 0.3) is 0 Å². The van der Waals surface area contributed by atoms with Crippen LogP contribution < -0.4 is 5.32 Å². The van der Waals surface area contributed by atoms with E-state index in [0.29, 0.717) is 11.3 Å². The highest BCUT2D eigenvalue weighted by molar-refractivity contribution is 9.10. The van der Waals surface area contributed by atoms with Crippen molar-refractivity contribution in [2.45, 2.75) is 50.3 Å². The molecule has 0 aromatic heterocycles. The Bertz CT molecular complexity index is 354. The van der Waals surface area contributed by atoms with Crippen molar-refractivity contribution in [2.24, 2.45) is 0 Å². The van der Waals surface area contributed by atoms with Crippen molar-refractivity contribution < 1.29 is 0 Å². The smallest absolute Gasteiger partial charge is 0.0314 e. The molecule has 0 saturated carbocycles. The Hall–Kier alpha value is 0.01000. The summed E-state index contributed by atoms with van der Waals surface area (Å²) in [6.07, 6.45) is 1.20. The van der Waals surface area contributed by atoms with Crippen molar-refractivity contribution in [1.82, 2.24) is 5.32 Å². The lowest BCUT2D eigenvalue weighted by molar-refractivity contribution is 0.597. The summed E-state index contributed by atoms with van der Waals surface area (Å²) >= 11 is 5.61. The quantitative estimate of drug-likeness (QED) is 0.740. The van der Waals surface area contributed by atoms with Crippen molar-refractivity contribution in [3.05, 3.63) is 28.2 Å². The fraction of sp³-hybridized carbons (Fsp3) is 0.571. The third-order valence-corrected chi connectivity index (χ3v) is 5.13. The van der Waals surface area contributed by atoms with Gasteiger partial charge in [-0.05, 0) is 53.5 Å². The van der Waals surface area contributed by atoms with Crippen molar-refractivity contribution in [2.75, 3.05) is 6.54 Å². The maximum Gasteiger partial charge on any atom is 0.0314 e. The number of hydrogen-bond donors (Lipinski definition) is 1. The number of hydrogen-bond acceptors (Lipinski definition) is 2. The molecule has 0 spiro atoms. The Morgan fingerprint density at radius 3 is 2.53 bits per heavy atom. The lowest BCUT2D eigenvalue weighted by Crippen LogP contribution is -2.17. The molecule has 1 rings (SSSR count). The van der Waals surface area contributed by atoms with Crippen molar-refractivity contribution in [3.63, 3.8) is 0 Å². The average Bonchev–Trinajstić information content (AvgIpc) is 2.31. The van der Waals surface area contributed by atoms with Gasteiger partial charge in [-0.25, -0.2) is 0 Å². The molecule has 96 valence electrons. The Balaban J connectivity index is 2.78. The van der Waals surface area contributed by atoms with Gasteiger partial charge in [-0.1, -0.05) is 26.8 Å². The molecule has 0 amide bonds. The molecule has 0 saturated heterocycles. The predicted octanol–water partition coefficient (Wildman–Crippen LogP) is 5.01. The molecular formula is C14H22BrNS. The highest BCUT2D eigenvalue weighted by Gasteiger charge is 2.09. The van der Waals surface area contributed by atoms with Crippen molar-refractivity contribution in [3.8, 4) is 0 Å². The molecule has 0 aliphatic rings. The highest BCUT2D eigenvalue weighted by atomic mass is 79.9. The third kappa shape index (κ3) is 4.65. The zero-order valence-electron chi connectivity index (χ0n) is 11.1. The molecule has 3 heteroatoms. The minimum Gasteiger partial charge on any atom is -0.310 e. The van der Waals surface area contributed by atoms with Crippen LogP contribution in [-0.2, 0) is 0 Å². The van der Waals surface area contributed by atoms with E-state index in [0.717, 1.165) is 6.54 Å². The van der Waals surface area contributed by atoms with E-state index in [1.807, 2.05) is 11.8 Å². The molecule has 0 heterocycles. The molecular weight excluding hydrogens is 294 g/mol. The summed E-state index contributed by atoms with van der Waals surface area (Å²) in [5, 5.41) is 4.10. The van der Waals surface area contributed by atoms with Gasteiger partial charge in [0.05, 0.1) is 0 Å². The lowest BCUT2D eigenvalue weighted by Gasteiger charge is -2.15. The Morgan fingerprint density at radius 2 is 2.00 bits per heavy atom. The van der Waals surface area contributed by atoms with Crippen molar-refractivity contribution >= 4 is 27.7 Å². The normalized spacial score (nSPS) is 14.6. The number of thioether (sulfide) groups is 1. The van der Waals surface area contributed by atoms with E-state index in [1.54, 1.807) is 0 Å². The first-order valence-corrected chi connectivity index (χ1v) is 7.95. The maximum atomic E-state index is 3.68. The summed E-state index contributed by atoms with van der Waals surface area (Å²) in [5.74, 6) is 0. The minimum atomic E-state index is 0.416. The monoisotopic (exact) mass is 315 g/mol. The first kappa shape index (κ1) is 15.1. The molecule has 0 fully saturated rings. The second-order valence-electron chi connectivity index (χ2n) is 4.31. The van der Waals surface area contributed by atoms with Crippen LogP contribution in [0.5, 0.6) is 0 Å². The zero-order valence-corrected chi connectivity index (χ0v) is 13.5. The van der Waals surface area contributed by atoms with Gasteiger partial charge in [-0.15, -0.1) is 11.8 Å². The minimum absolute atomic E-state index is 0.416. The Labute approximate surface area is 118 Å². The Kier molecular flexibility index (Phi) is 6.60. The molecule has 0 radical (unpaired) electrons. The third-order valence-electron chi connectivity index (χ3n) is 2.87. The first-order chi connectivity index (χ1) is 8.08. The second-order valence-corrected chi connectivity index (χ2v) is 6.64. The number of rotatable bonds is 6. The van der Waals surface area contributed by atoms with E-state index in [4.69, 9.17) is 0 Å². The van der Waals surface area contributed by atoms with Gasteiger partial charge < -0.3 is 5.32 Å². The molecule has 0 aliphatic heterocycles. The molecule has 2 unspecified atom stereocenters. The van der Waals surface area contributed by atoms with Crippen LogP contribution in [0.25, 0.3) is 0 Å². The van der Waals surface area contributed by atoms with E-state index < -0.39 is 0 Å². The van der Waals surface area contributed by atoms with Gasteiger partial charge >= 0.3 is 0 Å². The summed E-state index contributed by atoms with van der Waals surface area (Å²) < 4.78 is 1.21. The highest BCUT2D eigenvalue weighted by Crippen LogP contribution is 2.33. The van der Waals surface area contributed by atoms with Gasteiger partial charge in [0.2, 0.25) is 0 Å². The van der Waals surface area contributed by atoms with Gasteiger partial charge in [-0.3, -0.25) is 0 Å². The van der Waals surface area contributed by atoms with E-state index in [2.05, 4.69) is 67.1 Å². The molecule has 0 aliphatic carbocycles. The van der Waals surface area contributed by atoms with Crippen LogP contribution in [0.4, 0.5) is 0 Å². The molecule has 2 atom stereocenters. The molecule has 17 heavy (non-hydrogen) atoms. The fourth-order valence-electron chi connectivity index (χ4n) is 1.61. The lowest BCUT2D eigenvalue weighted by atomic mass is 10.1. The summed E-state index contributed by atoms with van der Waals surface area (Å²) in [6.45, 7) is 9.84. The van der Waals surface area contributed by atoms with Crippen LogP contribution in [0.2, 0.25) is 0 Å². The topological polar surface area (TPSA) is 12.0 Å². The van der Waals surface area contributed by atoms with Gasteiger partial charge in [-0.2, -0.15) is 0 Å².